The van der Waals surface area contributed by atoms with E-state index in [1.165, 1.54) is 7.11 Å². The van der Waals surface area contributed by atoms with Gasteiger partial charge in [-0.1, -0.05) is 18.2 Å². The van der Waals surface area contributed by atoms with Crippen LogP contribution in [0.2, 0.25) is 0 Å². The third kappa shape index (κ3) is 3.74. The van der Waals surface area contributed by atoms with Gasteiger partial charge in [0.25, 0.3) is 5.91 Å². The number of carbonyl (C=O) groups excluding carboxylic acids is 1. The van der Waals surface area contributed by atoms with Crippen LogP contribution in [0.1, 0.15) is 22.6 Å². The molecule has 0 saturated heterocycles. The molecule has 130 valence electrons. The maximum Gasteiger partial charge on any atom is 0.255 e. The largest absolute Gasteiger partial charge is 0.493 e. The number of methoxy groups -OCH3 is 2. The highest BCUT2D eigenvalue weighted by Crippen LogP contribution is 2.30. The first-order valence-electron chi connectivity index (χ1n) is 8.15. The molecule has 25 heavy (non-hydrogen) atoms. The first kappa shape index (κ1) is 16.8. The molecule has 3 aromatic rings. The normalized spacial score (nSPS) is 10.6. The third-order valence-corrected chi connectivity index (χ3v) is 3.96. The molecule has 1 aromatic heterocycles. The summed E-state index contributed by atoms with van der Waals surface area (Å²) in [6.45, 7) is 0.552. The molecule has 0 saturated carbocycles. The topological polar surface area (TPSA) is 76.2 Å². The lowest BCUT2D eigenvalue weighted by molar-refractivity contribution is 0.0949. The number of aryl methyl sites for hydroxylation is 1. The predicted molar refractivity (Wildman–Crippen MR) is 96.3 cm³/mol. The van der Waals surface area contributed by atoms with Crippen molar-refractivity contribution >= 4 is 16.9 Å². The molecule has 0 spiro atoms. The van der Waals surface area contributed by atoms with Gasteiger partial charge in [0.1, 0.15) is 5.82 Å². The fourth-order valence-electron chi connectivity index (χ4n) is 2.74. The summed E-state index contributed by atoms with van der Waals surface area (Å²) in [7, 11) is 3.07. The number of hydrogen-bond acceptors (Lipinski definition) is 4. The van der Waals surface area contributed by atoms with Crippen LogP contribution in [0.3, 0.4) is 0 Å². The number of amides is 1. The second kappa shape index (κ2) is 7.70. The molecular formula is C19H21N3O3. The van der Waals surface area contributed by atoms with E-state index in [1.807, 2.05) is 24.3 Å². The van der Waals surface area contributed by atoms with Crippen LogP contribution < -0.4 is 14.8 Å². The second-order valence-corrected chi connectivity index (χ2v) is 5.60. The van der Waals surface area contributed by atoms with Gasteiger partial charge >= 0.3 is 0 Å². The van der Waals surface area contributed by atoms with Crippen molar-refractivity contribution in [3.8, 4) is 11.5 Å². The molecule has 0 radical (unpaired) electrons. The first-order chi connectivity index (χ1) is 12.2. The smallest absolute Gasteiger partial charge is 0.255 e. The number of fused-ring (bicyclic) bond motifs is 1. The van der Waals surface area contributed by atoms with Crippen LogP contribution in [0, 0.1) is 0 Å². The van der Waals surface area contributed by atoms with Crippen LogP contribution in [0.25, 0.3) is 11.0 Å². The SMILES string of the molecule is COc1cccc(C(=O)NCCCc2nc3ccccc3[nH]2)c1OC. The molecule has 0 aliphatic heterocycles. The van der Waals surface area contributed by atoms with E-state index < -0.39 is 0 Å². The first-order valence-corrected chi connectivity index (χ1v) is 8.15. The summed E-state index contributed by atoms with van der Waals surface area (Å²) in [6.07, 6.45) is 1.56. The minimum Gasteiger partial charge on any atom is -0.493 e. The van der Waals surface area contributed by atoms with Crippen molar-refractivity contribution < 1.29 is 14.3 Å². The van der Waals surface area contributed by atoms with Crippen molar-refractivity contribution in [2.45, 2.75) is 12.8 Å². The number of nitrogens with one attached hydrogen (secondary N) is 2. The molecule has 2 aromatic carbocycles. The number of rotatable bonds is 7. The van der Waals surface area contributed by atoms with Crippen molar-refractivity contribution in [2.24, 2.45) is 0 Å². The zero-order valence-corrected chi connectivity index (χ0v) is 14.3. The lowest BCUT2D eigenvalue weighted by Gasteiger charge is -2.12. The fourth-order valence-corrected chi connectivity index (χ4v) is 2.74. The van der Waals surface area contributed by atoms with Gasteiger partial charge in [-0.25, -0.2) is 4.98 Å². The molecule has 0 unspecified atom stereocenters. The quantitative estimate of drug-likeness (QED) is 0.649. The number of imidazole rings is 1. The van der Waals surface area contributed by atoms with Gasteiger partial charge < -0.3 is 19.8 Å². The summed E-state index contributed by atoms with van der Waals surface area (Å²) in [4.78, 5) is 20.2. The van der Waals surface area contributed by atoms with Gasteiger partial charge in [0.15, 0.2) is 11.5 Å². The molecule has 6 heteroatoms. The number of benzene rings is 2. The van der Waals surface area contributed by atoms with Crippen LogP contribution in [0.15, 0.2) is 42.5 Å². The van der Waals surface area contributed by atoms with Gasteiger partial charge in [-0.3, -0.25) is 4.79 Å². The molecule has 0 aliphatic carbocycles. The van der Waals surface area contributed by atoms with Gasteiger partial charge in [-0.2, -0.15) is 0 Å². The number of carbonyl (C=O) groups is 1. The highest BCUT2D eigenvalue weighted by molar-refractivity contribution is 5.97. The Hall–Kier alpha value is -3.02. The van der Waals surface area contributed by atoms with E-state index in [1.54, 1.807) is 25.3 Å². The highest BCUT2D eigenvalue weighted by atomic mass is 16.5. The standard InChI is InChI=1S/C19H21N3O3/c1-24-16-10-5-7-13(18(16)25-2)19(23)20-12-6-11-17-21-14-8-3-4-9-15(14)22-17/h3-5,7-10H,6,11-12H2,1-2H3,(H,20,23)(H,21,22). The Morgan fingerprint density at radius 3 is 2.72 bits per heavy atom. The van der Waals surface area contributed by atoms with E-state index in [0.29, 0.717) is 23.6 Å². The minimum absolute atomic E-state index is 0.180. The van der Waals surface area contributed by atoms with Crippen molar-refractivity contribution in [1.29, 1.82) is 0 Å². The van der Waals surface area contributed by atoms with Crippen molar-refractivity contribution in [2.75, 3.05) is 20.8 Å². The summed E-state index contributed by atoms with van der Waals surface area (Å²) in [5, 5.41) is 2.91. The van der Waals surface area contributed by atoms with Gasteiger partial charge in [-0.15, -0.1) is 0 Å². The molecule has 0 aliphatic rings. The molecule has 0 bridgehead atoms. The Morgan fingerprint density at radius 2 is 1.96 bits per heavy atom. The zero-order valence-electron chi connectivity index (χ0n) is 14.3. The number of H-pyrrole nitrogens is 1. The van der Waals surface area contributed by atoms with E-state index in [4.69, 9.17) is 9.47 Å². The van der Waals surface area contributed by atoms with Crippen LogP contribution >= 0.6 is 0 Å². The molecule has 0 fully saturated rings. The fraction of sp³-hybridized carbons (Fsp3) is 0.263. The maximum absolute atomic E-state index is 12.4. The van der Waals surface area contributed by atoms with Gasteiger partial charge in [0.05, 0.1) is 30.8 Å². The molecule has 2 N–H and O–H groups in total. The number of ether oxygens (including phenoxy) is 2. The van der Waals surface area contributed by atoms with Crippen molar-refractivity contribution in [3.05, 3.63) is 53.9 Å². The summed E-state index contributed by atoms with van der Waals surface area (Å²) >= 11 is 0. The van der Waals surface area contributed by atoms with Crippen molar-refractivity contribution in [1.82, 2.24) is 15.3 Å². The van der Waals surface area contributed by atoms with Crippen molar-refractivity contribution in [3.63, 3.8) is 0 Å². The van der Waals surface area contributed by atoms with E-state index in [2.05, 4.69) is 15.3 Å². The minimum atomic E-state index is -0.180. The van der Waals surface area contributed by atoms with E-state index in [9.17, 15) is 4.79 Å². The number of nitrogens with zero attached hydrogens (tertiary/aromatic N) is 1. The summed E-state index contributed by atoms with van der Waals surface area (Å²) < 4.78 is 10.5. The van der Waals surface area contributed by atoms with Crippen LogP contribution in [-0.4, -0.2) is 36.6 Å². The number of aromatic nitrogens is 2. The molecule has 3 rings (SSSR count). The summed E-state index contributed by atoms with van der Waals surface area (Å²) in [5.74, 6) is 1.73. The molecule has 0 atom stereocenters. The second-order valence-electron chi connectivity index (χ2n) is 5.60. The lowest BCUT2D eigenvalue weighted by atomic mass is 10.1. The summed E-state index contributed by atoms with van der Waals surface area (Å²) in [6, 6.07) is 13.2. The average molecular weight is 339 g/mol. The van der Waals surface area contributed by atoms with Gasteiger partial charge in [0, 0.05) is 13.0 Å². The Labute approximate surface area is 146 Å². The van der Waals surface area contributed by atoms with E-state index in [-0.39, 0.29) is 5.91 Å². The molecular weight excluding hydrogens is 318 g/mol. The average Bonchev–Trinajstić information content (AvgIpc) is 3.07. The molecule has 1 heterocycles. The number of para-hydroxylation sites is 3. The Morgan fingerprint density at radius 1 is 1.12 bits per heavy atom. The van der Waals surface area contributed by atoms with Gasteiger partial charge in [-0.05, 0) is 30.7 Å². The van der Waals surface area contributed by atoms with Gasteiger partial charge in [0.2, 0.25) is 0 Å². The Kier molecular flexibility index (Phi) is 5.18. The summed E-state index contributed by atoms with van der Waals surface area (Å²) in [5.41, 5.74) is 2.45. The van der Waals surface area contributed by atoms with Crippen LogP contribution in [-0.2, 0) is 6.42 Å². The Bertz CT molecular complexity index is 840. The van der Waals surface area contributed by atoms with E-state index in [0.717, 1.165) is 29.7 Å². The monoisotopic (exact) mass is 339 g/mol. The van der Waals surface area contributed by atoms with Crippen LogP contribution in [0.4, 0.5) is 0 Å². The maximum atomic E-state index is 12.4. The van der Waals surface area contributed by atoms with Crippen LogP contribution in [0.5, 0.6) is 11.5 Å². The third-order valence-electron chi connectivity index (χ3n) is 3.96. The predicted octanol–water partition coefficient (Wildman–Crippen LogP) is 2.94. The molecule has 1 amide bonds. The van der Waals surface area contributed by atoms with E-state index >= 15 is 0 Å². The number of aromatic amines is 1. The Balaban J connectivity index is 1.56. The highest BCUT2D eigenvalue weighted by Gasteiger charge is 2.15. The number of hydrogen-bond donors (Lipinski definition) is 2. The molecule has 6 nitrogen and oxygen atoms in total. The lowest BCUT2D eigenvalue weighted by Crippen LogP contribution is -2.25. The zero-order chi connectivity index (χ0) is 17.6.